The van der Waals surface area contributed by atoms with Gasteiger partial charge in [0.2, 0.25) is 0 Å². The van der Waals surface area contributed by atoms with E-state index in [2.05, 4.69) is 6.58 Å². The summed E-state index contributed by atoms with van der Waals surface area (Å²) in [5.74, 6) is 0. The van der Waals surface area contributed by atoms with Crippen molar-refractivity contribution in [1.82, 2.24) is 0 Å². The molecule has 2 heteroatoms. The van der Waals surface area contributed by atoms with Crippen LogP contribution in [0.1, 0.15) is 0 Å². The van der Waals surface area contributed by atoms with E-state index >= 15 is 0 Å². The molecule has 0 atom stereocenters. The predicted molar refractivity (Wildman–Crippen MR) is 19.3 cm³/mol. The Kier molecular flexibility index (Phi) is 15.9. The van der Waals surface area contributed by atoms with Crippen molar-refractivity contribution >= 4 is 0 Å². The fourth-order valence-electron chi connectivity index (χ4n) is 0. The molecular weight excluding hydrogens is 153 g/mol. The van der Waals surface area contributed by atoms with E-state index in [-0.39, 0.29) is 19.5 Å². The van der Waals surface area contributed by atoms with E-state index < -0.39 is 0 Å². The van der Waals surface area contributed by atoms with E-state index in [1.807, 2.05) is 0 Å². The van der Waals surface area contributed by atoms with Crippen molar-refractivity contribution < 1.29 is 19.5 Å². The molecule has 0 aromatic heterocycles. The smallest absolute Gasteiger partial charge is 0.0104 e. The van der Waals surface area contributed by atoms with Gasteiger partial charge in [0.1, 0.15) is 0 Å². The molecule has 0 amide bonds. The van der Waals surface area contributed by atoms with E-state index in [1.165, 1.54) is 0 Å². The maximum Gasteiger partial charge on any atom is 0.0104 e. The van der Waals surface area contributed by atoms with E-state index in [9.17, 15) is 0 Å². The normalized spacial score (nSPS) is 5.00. The van der Waals surface area contributed by atoms with Gasteiger partial charge in [-0.2, -0.15) is 0 Å². The molecule has 0 spiro atoms. The molecule has 0 aromatic carbocycles. The van der Waals surface area contributed by atoms with Gasteiger partial charge in [0.15, 0.2) is 0 Å². The van der Waals surface area contributed by atoms with Crippen LogP contribution in [0.4, 0.5) is 0 Å². The molecule has 0 saturated heterocycles. The van der Waals surface area contributed by atoms with Crippen LogP contribution in [0.15, 0.2) is 12.7 Å². The van der Waals surface area contributed by atoms with Crippen molar-refractivity contribution in [1.29, 1.82) is 0 Å². The van der Waals surface area contributed by atoms with Gasteiger partial charge >= 0.3 is 0 Å². The molecule has 0 aromatic rings. The van der Waals surface area contributed by atoms with Crippen molar-refractivity contribution in [2.24, 2.45) is 5.73 Å². The van der Waals surface area contributed by atoms with Crippen molar-refractivity contribution in [2.75, 3.05) is 6.54 Å². The third-order valence-corrected chi connectivity index (χ3v) is 0.167. The predicted octanol–water partition coefficient (Wildman–Crippen LogP) is 0.129. The first-order chi connectivity index (χ1) is 1.91. The number of hydrogen-bond donors (Lipinski definition) is 1. The summed E-state index contributed by atoms with van der Waals surface area (Å²) in [7, 11) is 0. The first-order valence-corrected chi connectivity index (χ1v) is 1.22. The Balaban J connectivity index is 0. The van der Waals surface area contributed by atoms with Crippen LogP contribution < -0.4 is 5.73 Å². The van der Waals surface area contributed by atoms with E-state index in [4.69, 9.17) is 5.73 Å². The zero-order chi connectivity index (χ0) is 3.41. The van der Waals surface area contributed by atoms with Gasteiger partial charge in [-0.25, -0.2) is 0 Å². The van der Waals surface area contributed by atoms with Gasteiger partial charge in [0, 0.05) is 26.0 Å². The second-order valence-electron chi connectivity index (χ2n) is 0.524. The van der Waals surface area contributed by atoms with Crippen LogP contribution in [0.2, 0.25) is 0 Å². The van der Waals surface area contributed by atoms with Crippen molar-refractivity contribution in [3.63, 3.8) is 0 Å². The average molecular weight is 160 g/mol. The van der Waals surface area contributed by atoms with Crippen LogP contribution in [0.25, 0.3) is 0 Å². The maximum absolute atomic E-state index is 4.91. The Morgan fingerprint density at radius 3 is 2.00 bits per heavy atom. The van der Waals surface area contributed by atoms with Crippen LogP contribution in [-0.2, 0) is 19.5 Å². The van der Waals surface area contributed by atoms with E-state index in [0.29, 0.717) is 6.54 Å². The molecule has 0 aliphatic heterocycles. The molecule has 0 bridgehead atoms. The Hall–Kier alpha value is 0.323. The van der Waals surface area contributed by atoms with Gasteiger partial charge in [-0.05, 0) is 0 Å². The van der Waals surface area contributed by atoms with E-state index in [0.717, 1.165) is 0 Å². The fourth-order valence-corrected chi connectivity index (χ4v) is 0. The summed E-state index contributed by atoms with van der Waals surface area (Å²) in [5, 5.41) is 0. The van der Waals surface area contributed by atoms with Crippen LogP contribution in [0.3, 0.4) is 0 Å². The van der Waals surface area contributed by atoms with E-state index in [1.54, 1.807) is 6.08 Å². The Morgan fingerprint density at radius 2 is 2.00 bits per heavy atom. The first kappa shape index (κ1) is 9.01. The minimum atomic E-state index is 0. The monoisotopic (exact) mass is 160 g/mol. The number of nitrogens with two attached hydrogens (primary N) is 1. The minimum absolute atomic E-state index is 0. The topological polar surface area (TPSA) is 26.0 Å². The fraction of sp³-hybridized carbons (Fsp3) is 0.333. The largest absolute Gasteiger partial charge is 0.327 e. The van der Waals surface area contributed by atoms with Gasteiger partial charge < -0.3 is 5.73 Å². The van der Waals surface area contributed by atoms with Crippen LogP contribution in [-0.4, -0.2) is 6.54 Å². The van der Waals surface area contributed by atoms with Gasteiger partial charge in [0.25, 0.3) is 0 Å². The van der Waals surface area contributed by atoms with Gasteiger partial charge in [-0.15, -0.1) is 6.58 Å². The van der Waals surface area contributed by atoms with Gasteiger partial charge in [0.05, 0.1) is 0 Å². The van der Waals surface area contributed by atoms with Crippen LogP contribution >= 0.6 is 0 Å². The second-order valence-corrected chi connectivity index (χ2v) is 0.524. The molecule has 0 aliphatic rings. The zero-order valence-electron chi connectivity index (χ0n) is 2.90. The Morgan fingerprint density at radius 1 is 1.80 bits per heavy atom. The molecule has 0 fully saturated rings. The summed E-state index contributed by atoms with van der Waals surface area (Å²) in [5.41, 5.74) is 4.91. The van der Waals surface area contributed by atoms with Crippen molar-refractivity contribution in [2.45, 2.75) is 0 Å². The van der Waals surface area contributed by atoms with Crippen molar-refractivity contribution in [3.05, 3.63) is 12.7 Å². The van der Waals surface area contributed by atoms with Crippen LogP contribution in [0.5, 0.6) is 0 Å². The molecule has 2 N–H and O–H groups in total. The Bertz CT molecular complexity index is 20.9. The zero-order valence-corrected chi connectivity index (χ0v) is 4.54. The quantitative estimate of drug-likeness (QED) is 0.428. The summed E-state index contributed by atoms with van der Waals surface area (Å²) in [6.07, 6.45) is 1.65. The Labute approximate surface area is 45.0 Å². The molecule has 1 radical (unpaired) electrons. The van der Waals surface area contributed by atoms with Crippen LogP contribution in [0, 0.1) is 0 Å². The number of rotatable bonds is 1. The molecular formula is C3H7NRh. The molecule has 0 unspecified atom stereocenters. The molecule has 1 nitrogen and oxygen atoms in total. The molecule has 33 valence electrons. The summed E-state index contributed by atoms with van der Waals surface area (Å²) >= 11 is 0. The number of hydrogen-bond acceptors (Lipinski definition) is 1. The molecule has 0 saturated carbocycles. The minimum Gasteiger partial charge on any atom is -0.327 e. The van der Waals surface area contributed by atoms with Gasteiger partial charge in [-0.3, -0.25) is 0 Å². The molecule has 0 aliphatic carbocycles. The molecule has 0 rings (SSSR count). The third-order valence-electron chi connectivity index (χ3n) is 0.167. The summed E-state index contributed by atoms with van der Waals surface area (Å²) in [4.78, 5) is 0. The summed E-state index contributed by atoms with van der Waals surface area (Å²) in [6, 6.07) is 0. The summed E-state index contributed by atoms with van der Waals surface area (Å²) in [6.45, 7) is 3.94. The SMILES string of the molecule is C=CCN.[Rh]. The maximum atomic E-state index is 4.91. The molecule has 5 heavy (non-hydrogen) atoms. The van der Waals surface area contributed by atoms with Gasteiger partial charge in [-0.1, -0.05) is 6.08 Å². The average Bonchev–Trinajstić information content (AvgIpc) is 1.37. The summed E-state index contributed by atoms with van der Waals surface area (Å²) < 4.78 is 0. The first-order valence-electron chi connectivity index (χ1n) is 1.22. The third kappa shape index (κ3) is 13.3. The van der Waals surface area contributed by atoms with Crippen molar-refractivity contribution in [3.8, 4) is 0 Å². The molecule has 0 heterocycles. The second kappa shape index (κ2) is 8.85. The standard InChI is InChI=1S/C3H7N.Rh/c1-2-3-4;/h2H,1,3-4H2;.